The minimum absolute atomic E-state index is 0.0393. The molecular weight excluding hydrogens is 373 g/mol. The molecule has 0 saturated heterocycles. The molecule has 0 unspecified atom stereocenters. The van der Waals surface area contributed by atoms with Gasteiger partial charge in [-0.05, 0) is 36.4 Å². The number of urea groups is 1. The number of carbonyl (C=O) groups excluding carboxylic acids is 1. The van der Waals surface area contributed by atoms with Gasteiger partial charge in [0.1, 0.15) is 0 Å². The number of nitrogens with zero attached hydrogens (tertiary/aromatic N) is 2. The van der Waals surface area contributed by atoms with E-state index in [4.69, 9.17) is 4.74 Å². The summed E-state index contributed by atoms with van der Waals surface area (Å²) < 4.78 is 43.1. The molecule has 0 aliphatic rings. The number of carbonyl (C=O) groups is 1. The Balaban J connectivity index is 1.64. The number of rotatable bonds is 4. The average Bonchev–Trinajstić information content (AvgIpc) is 2.68. The number of alkyl halides is 3. The lowest BCUT2D eigenvalue weighted by Gasteiger charge is -2.11. The quantitative estimate of drug-likeness (QED) is 0.672. The molecule has 2 aromatic carbocycles. The lowest BCUT2D eigenvalue weighted by atomic mass is 10.1. The van der Waals surface area contributed by atoms with E-state index in [2.05, 4.69) is 20.8 Å². The van der Waals surface area contributed by atoms with Gasteiger partial charge in [0, 0.05) is 23.0 Å². The average molecular weight is 388 g/mol. The number of ether oxygens (including phenoxy) is 1. The van der Waals surface area contributed by atoms with Crippen molar-refractivity contribution in [3.63, 3.8) is 0 Å². The summed E-state index contributed by atoms with van der Waals surface area (Å²) in [6, 6.07) is 13.9. The van der Waals surface area contributed by atoms with Crippen LogP contribution in [0.25, 0.3) is 11.3 Å². The van der Waals surface area contributed by atoms with E-state index in [0.717, 1.165) is 17.7 Å². The van der Waals surface area contributed by atoms with E-state index in [1.807, 2.05) is 0 Å². The molecule has 3 aromatic rings. The highest BCUT2D eigenvalue weighted by atomic mass is 19.4. The van der Waals surface area contributed by atoms with Gasteiger partial charge in [0.2, 0.25) is 5.88 Å². The van der Waals surface area contributed by atoms with Crippen molar-refractivity contribution in [2.75, 3.05) is 17.7 Å². The molecule has 144 valence electrons. The molecule has 0 aliphatic carbocycles. The van der Waals surface area contributed by atoms with Gasteiger partial charge >= 0.3 is 12.2 Å². The van der Waals surface area contributed by atoms with E-state index in [-0.39, 0.29) is 5.69 Å². The first kappa shape index (κ1) is 19.2. The minimum Gasteiger partial charge on any atom is -0.480 e. The van der Waals surface area contributed by atoms with Gasteiger partial charge < -0.3 is 15.4 Å². The second-order valence-corrected chi connectivity index (χ2v) is 5.70. The van der Waals surface area contributed by atoms with Crippen LogP contribution in [0.15, 0.2) is 60.7 Å². The summed E-state index contributed by atoms with van der Waals surface area (Å²) in [7, 11) is 1.49. The molecule has 2 N–H and O–H groups in total. The molecule has 0 aliphatic heterocycles. The van der Waals surface area contributed by atoms with Crippen LogP contribution in [0, 0.1) is 0 Å². The van der Waals surface area contributed by atoms with Crippen molar-refractivity contribution in [2.45, 2.75) is 6.18 Å². The maximum absolute atomic E-state index is 12.7. The fraction of sp³-hybridized carbons (Fsp3) is 0.105. The number of anilines is 2. The number of hydrogen-bond donors (Lipinski definition) is 2. The molecular formula is C19H15F3N4O2. The Hall–Kier alpha value is -3.62. The number of amides is 2. The number of halogens is 3. The highest BCUT2D eigenvalue weighted by molar-refractivity contribution is 5.99. The fourth-order valence-corrected chi connectivity index (χ4v) is 2.37. The Kier molecular flexibility index (Phi) is 5.44. The molecule has 3 rings (SSSR count). The topological polar surface area (TPSA) is 76.1 Å². The van der Waals surface area contributed by atoms with Crippen LogP contribution in [-0.2, 0) is 6.18 Å². The van der Waals surface area contributed by atoms with Crippen LogP contribution >= 0.6 is 0 Å². The maximum atomic E-state index is 12.7. The summed E-state index contributed by atoms with van der Waals surface area (Å²) in [6.07, 6.45) is -4.48. The van der Waals surface area contributed by atoms with Crippen LogP contribution in [0.5, 0.6) is 5.88 Å². The van der Waals surface area contributed by atoms with Gasteiger partial charge in [-0.2, -0.15) is 13.2 Å². The van der Waals surface area contributed by atoms with Crippen molar-refractivity contribution >= 4 is 17.4 Å². The third-order valence-electron chi connectivity index (χ3n) is 3.74. The first-order valence-electron chi connectivity index (χ1n) is 8.08. The van der Waals surface area contributed by atoms with Crippen LogP contribution in [0.3, 0.4) is 0 Å². The zero-order valence-corrected chi connectivity index (χ0v) is 14.6. The van der Waals surface area contributed by atoms with Crippen molar-refractivity contribution in [2.24, 2.45) is 0 Å². The number of hydrogen-bond acceptors (Lipinski definition) is 4. The molecule has 0 atom stereocenters. The van der Waals surface area contributed by atoms with Crippen molar-refractivity contribution in [1.29, 1.82) is 0 Å². The Bertz CT molecular complexity index is 958. The Labute approximate surface area is 158 Å². The number of nitrogens with one attached hydrogen (secondary N) is 2. The van der Waals surface area contributed by atoms with Crippen LogP contribution < -0.4 is 15.4 Å². The summed E-state index contributed by atoms with van der Waals surface area (Å²) in [5.41, 5.74) is 1.07. The second-order valence-electron chi connectivity index (χ2n) is 5.70. The van der Waals surface area contributed by atoms with Gasteiger partial charge in [0.25, 0.3) is 0 Å². The summed E-state index contributed by atoms with van der Waals surface area (Å²) in [4.78, 5) is 12.0. The monoisotopic (exact) mass is 388 g/mol. The van der Waals surface area contributed by atoms with E-state index in [9.17, 15) is 18.0 Å². The summed E-state index contributed by atoms with van der Waals surface area (Å²) in [6.45, 7) is 0. The van der Waals surface area contributed by atoms with Crippen molar-refractivity contribution in [1.82, 2.24) is 10.2 Å². The molecule has 0 radical (unpaired) electrons. The lowest BCUT2D eigenvalue weighted by molar-refractivity contribution is -0.137. The SMILES string of the molecule is COc1ccc(-c2ccc(NC(=O)Nc3cccc(C(F)(F)F)c3)cc2)nn1. The largest absolute Gasteiger partial charge is 0.480 e. The van der Waals surface area contributed by atoms with Crippen LogP contribution in [0.1, 0.15) is 5.56 Å². The highest BCUT2D eigenvalue weighted by Gasteiger charge is 2.30. The molecule has 2 amide bonds. The van der Waals surface area contributed by atoms with Crippen LogP contribution in [0.4, 0.5) is 29.3 Å². The first-order valence-corrected chi connectivity index (χ1v) is 8.08. The summed E-state index contributed by atoms with van der Waals surface area (Å²) in [5.74, 6) is 0.397. The van der Waals surface area contributed by atoms with Crippen molar-refractivity contribution in [3.8, 4) is 17.1 Å². The third-order valence-corrected chi connectivity index (χ3v) is 3.74. The predicted octanol–water partition coefficient (Wildman–Crippen LogP) is 4.82. The first-order chi connectivity index (χ1) is 13.3. The Morgan fingerprint density at radius 2 is 1.64 bits per heavy atom. The van der Waals surface area contributed by atoms with E-state index in [1.54, 1.807) is 36.4 Å². The molecule has 0 saturated carbocycles. The molecule has 0 bridgehead atoms. The molecule has 1 heterocycles. The zero-order chi connectivity index (χ0) is 20.1. The van der Waals surface area contributed by atoms with Gasteiger partial charge in [0.05, 0.1) is 18.4 Å². The van der Waals surface area contributed by atoms with Gasteiger partial charge in [-0.1, -0.05) is 18.2 Å². The molecule has 6 nitrogen and oxygen atoms in total. The normalized spacial score (nSPS) is 11.0. The highest BCUT2D eigenvalue weighted by Crippen LogP contribution is 2.30. The smallest absolute Gasteiger partial charge is 0.416 e. The Morgan fingerprint density at radius 3 is 2.25 bits per heavy atom. The van der Waals surface area contributed by atoms with E-state index >= 15 is 0 Å². The summed E-state index contributed by atoms with van der Waals surface area (Å²) in [5, 5.41) is 12.8. The van der Waals surface area contributed by atoms with Crippen LogP contribution in [-0.4, -0.2) is 23.3 Å². The van der Waals surface area contributed by atoms with Crippen LogP contribution in [0.2, 0.25) is 0 Å². The molecule has 0 spiro atoms. The number of methoxy groups -OCH3 is 1. The molecule has 28 heavy (non-hydrogen) atoms. The fourth-order valence-electron chi connectivity index (χ4n) is 2.37. The van der Waals surface area contributed by atoms with Gasteiger partial charge in [-0.15, -0.1) is 10.2 Å². The van der Waals surface area contributed by atoms with Gasteiger partial charge in [-0.3, -0.25) is 0 Å². The summed E-state index contributed by atoms with van der Waals surface area (Å²) >= 11 is 0. The number of aromatic nitrogens is 2. The predicted molar refractivity (Wildman–Crippen MR) is 98.1 cm³/mol. The maximum Gasteiger partial charge on any atom is 0.416 e. The van der Waals surface area contributed by atoms with E-state index in [0.29, 0.717) is 17.3 Å². The molecule has 0 fully saturated rings. The van der Waals surface area contributed by atoms with Gasteiger partial charge in [-0.25, -0.2) is 4.79 Å². The van der Waals surface area contributed by atoms with E-state index in [1.165, 1.54) is 19.2 Å². The molecule has 1 aromatic heterocycles. The van der Waals surface area contributed by atoms with E-state index < -0.39 is 17.8 Å². The van der Waals surface area contributed by atoms with Crippen molar-refractivity contribution in [3.05, 3.63) is 66.2 Å². The molecule has 9 heteroatoms. The van der Waals surface area contributed by atoms with Gasteiger partial charge in [0.15, 0.2) is 0 Å². The second kappa shape index (κ2) is 7.95. The zero-order valence-electron chi connectivity index (χ0n) is 14.6. The van der Waals surface area contributed by atoms with Crippen molar-refractivity contribution < 1.29 is 22.7 Å². The standard InChI is InChI=1S/C19H15F3N4O2/c1-28-17-10-9-16(25-26-17)12-5-7-14(8-6-12)23-18(27)24-15-4-2-3-13(11-15)19(20,21)22/h2-11H,1H3,(H2,23,24,27). The third kappa shape index (κ3) is 4.76. The Morgan fingerprint density at radius 1 is 0.929 bits per heavy atom. The number of benzene rings is 2. The lowest BCUT2D eigenvalue weighted by Crippen LogP contribution is -2.19. The minimum atomic E-state index is -4.48.